The Morgan fingerprint density at radius 3 is 2.12 bits per heavy atom. The lowest BCUT2D eigenvalue weighted by atomic mass is 9.92. The summed E-state index contributed by atoms with van der Waals surface area (Å²) in [6.07, 6.45) is 0. The van der Waals surface area contributed by atoms with Crippen LogP contribution in [0.25, 0.3) is 0 Å². The maximum absolute atomic E-state index is 10.7. The topological polar surface area (TPSA) is 20.3 Å². The van der Waals surface area contributed by atoms with E-state index in [1.165, 1.54) is 0 Å². The second kappa shape index (κ2) is 1.47. The van der Waals surface area contributed by atoms with Gasteiger partial charge in [0.2, 0.25) is 5.91 Å². The highest BCUT2D eigenvalue weighted by Crippen LogP contribution is 2.22. The van der Waals surface area contributed by atoms with E-state index in [0.29, 0.717) is 6.04 Å². The van der Waals surface area contributed by atoms with Gasteiger partial charge >= 0.3 is 0 Å². The predicted octanol–water partition coefficient (Wildman–Crippen LogP) is 0.483. The van der Waals surface area contributed by atoms with Gasteiger partial charge < -0.3 is 4.90 Å². The lowest BCUT2D eigenvalue weighted by Crippen LogP contribution is -2.55. The minimum Gasteiger partial charge on any atom is -0.342 e. The Balaban J connectivity index is 2.55. The summed E-state index contributed by atoms with van der Waals surface area (Å²) in [5, 5.41) is 0. The number of carbonyl (C=O) groups is 1. The first-order valence-electron chi connectivity index (χ1n) is 2.91. The Morgan fingerprint density at radius 1 is 1.50 bits per heavy atom. The quantitative estimate of drug-likeness (QED) is 0.418. The van der Waals surface area contributed by atoms with Gasteiger partial charge in [-0.3, -0.25) is 4.79 Å². The fourth-order valence-corrected chi connectivity index (χ4v) is 0.982. The van der Waals surface area contributed by atoms with E-state index >= 15 is 0 Å². The third-order valence-corrected chi connectivity index (χ3v) is 2.07. The van der Waals surface area contributed by atoms with Crippen molar-refractivity contribution in [3.63, 3.8) is 0 Å². The van der Waals surface area contributed by atoms with Gasteiger partial charge in [-0.15, -0.1) is 0 Å². The Labute approximate surface area is 49.5 Å². The number of β-lactam (4-membered cyclic amide) rings is 1. The van der Waals surface area contributed by atoms with E-state index in [9.17, 15) is 4.79 Å². The second-order valence-corrected chi connectivity index (χ2v) is 2.48. The highest BCUT2D eigenvalue weighted by molar-refractivity contribution is 5.85. The lowest BCUT2D eigenvalue weighted by molar-refractivity contribution is -0.150. The van der Waals surface area contributed by atoms with Gasteiger partial charge in [0.1, 0.15) is 0 Å². The van der Waals surface area contributed by atoms with Crippen molar-refractivity contribution in [1.29, 1.82) is 0 Å². The summed E-state index contributed by atoms with van der Waals surface area (Å²) in [5.74, 6) is 0.539. The summed E-state index contributed by atoms with van der Waals surface area (Å²) in [6.45, 7) is 4.03. The van der Waals surface area contributed by atoms with Crippen molar-refractivity contribution in [2.24, 2.45) is 5.92 Å². The molecule has 0 aliphatic carbocycles. The average Bonchev–Trinajstić information content (AvgIpc) is 1.83. The van der Waals surface area contributed by atoms with E-state index in [0.717, 1.165) is 0 Å². The molecule has 0 unspecified atom stereocenters. The largest absolute Gasteiger partial charge is 0.342 e. The standard InChI is InChI=1S/C6H11NO/c1-4-5(2)7(3)6(4)8/h4-5H,1-3H3/t4-,5-/m0/s1. The van der Waals surface area contributed by atoms with Crippen LogP contribution in [-0.4, -0.2) is 23.9 Å². The third-order valence-electron chi connectivity index (χ3n) is 2.07. The number of amides is 1. The van der Waals surface area contributed by atoms with Crippen molar-refractivity contribution in [3.8, 4) is 0 Å². The van der Waals surface area contributed by atoms with Crippen LogP contribution in [0.1, 0.15) is 13.8 Å². The Hall–Kier alpha value is -0.530. The number of nitrogens with zero attached hydrogens (tertiary/aromatic N) is 1. The van der Waals surface area contributed by atoms with E-state index < -0.39 is 0 Å². The Kier molecular flexibility index (Phi) is 1.03. The molecule has 0 spiro atoms. The average molecular weight is 113 g/mol. The van der Waals surface area contributed by atoms with Gasteiger partial charge in [-0.05, 0) is 6.92 Å². The molecule has 0 radical (unpaired) electrons. The monoisotopic (exact) mass is 113 g/mol. The molecule has 0 saturated carbocycles. The number of carbonyl (C=O) groups excluding carboxylic acids is 1. The molecule has 46 valence electrons. The SMILES string of the molecule is C[C@@H]1C(=O)N(C)[C@H]1C. The summed E-state index contributed by atoms with van der Waals surface area (Å²) in [6, 6.07) is 0.461. The lowest BCUT2D eigenvalue weighted by Gasteiger charge is -2.40. The molecule has 2 heteroatoms. The van der Waals surface area contributed by atoms with Crippen molar-refractivity contribution < 1.29 is 4.79 Å². The van der Waals surface area contributed by atoms with Crippen molar-refractivity contribution in [3.05, 3.63) is 0 Å². The summed E-state index contributed by atoms with van der Waals surface area (Å²) >= 11 is 0. The molecular weight excluding hydrogens is 102 g/mol. The van der Waals surface area contributed by atoms with Gasteiger partial charge in [0.05, 0.1) is 5.92 Å². The molecule has 1 amide bonds. The molecule has 1 heterocycles. The molecule has 1 aliphatic rings. The van der Waals surface area contributed by atoms with Gasteiger partial charge in [-0.2, -0.15) is 0 Å². The number of hydrogen-bond donors (Lipinski definition) is 0. The number of rotatable bonds is 0. The van der Waals surface area contributed by atoms with Gasteiger partial charge in [0.25, 0.3) is 0 Å². The maximum Gasteiger partial charge on any atom is 0.227 e. The third kappa shape index (κ3) is 0.457. The minimum absolute atomic E-state index is 0.264. The molecule has 0 aromatic heterocycles. The van der Waals surface area contributed by atoms with Crippen LogP contribution >= 0.6 is 0 Å². The van der Waals surface area contributed by atoms with Crippen molar-refractivity contribution in [2.45, 2.75) is 19.9 Å². The maximum atomic E-state index is 10.7. The van der Waals surface area contributed by atoms with Gasteiger partial charge in [0.15, 0.2) is 0 Å². The van der Waals surface area contributed by atoms with Crippen molar-refractivity contribution >= 4 is 5.91 Å². The zero-order valence-electron chi connectivity index (χ0n) is 5.51. The number of hydrogen-bond acceptors (Lipinski definition) is 1. The van der Waals surface area contributed by atoms with E-state index in [2.05, 4.69) is 6.92 Å². The molecule has 1 saturated heterocycles. The Morgan fingerprint density at radius 2 is 2.00 bits per heavy atom. The van der Waals surface area contributed by atoms with Gasteiger partial charge in [0, 0.05) is 13.1 Å². The van der Waals surface area contributed by atoms with Crippen LogP contribution in [-0.2, 0) is 4.79 Å². The van der Waals surface area contributed by atoms with Gasteiger partial charge in [-0.1, -0.05) is 6.92 Å². The van der Waals surface area contributed by atoms with Crippen LogP contribution in [0, 0.1) is 5.92 Å². The van der Waals surface area contributed by atoms with Crippen LogP contribution in [0.4, 0.5) is 0 Å². The smallest absolute Gasteiger partial charge is 0.227 e. The van der Waals surface area contributed by atoms with Crippen LogP contribution in [0.3, 0.4) is 0 Å². The second-order valence-electron chi connectivity index (χ2n) is 2.48. The van der Waals surface area contributed by atoms with Crippen LogP contribution in [0.15, 0.2) is 0 Å². The van der Waals surface area contributed by atoms with Crippen molar-refractivity contribution in [2.75, 3.05) is 7.05 Å². The normalized spacial score (nSPS) is 37.4. The van der Waals surface area contributed by atoms with Gasteiger partial charge in [-0.25, -0.2) is 0 Å². The molecule has 8 heavy (non-hydrogen) atoms. The molecule has 0 N–H and O–H groups in total. The fourth-order valence-electron chi connectivity index (χ4n) is 0.982. The highest BCUT2D eigenvalue weighted by atomic mass is 16.2. The molecule has 2 nitrogen and oxygen atoms in total. The van der Waals surface area contributed by atoms with Crippen LogP contribution < -0.4 is 0 Å². The van der Waals surface area contributed by atoms with E-state index in [4.69, 9.17) is 0 Å². The van der Waals surface area contributed by atoms with E-state index in [-0.39, 0.29) is 11.8 Å². The zero-order valence-corrected chi connectivity index (χ0v) is 5.51. The first-order valence-corrected chi connectivity index (χ1v) is 2.91. The summed E-state index contributed by atoms with van der Waals surface area (Å²) in [5.41, 5.74) is 0. The first-order chi connectivity index (χ1) is 3.64. The van der Waals surface area contributed by atoms with E-state index in [1.54, 1.807) is 4.90 Å². The molecule has 1 fully saturated rings. The highest BCUT2D eigenvalue weighted by Gasteiger charge is 2.37. The molecule has 0 bridgehead atoms. The van der Waals surface area contributed by atoms with Crippen molar-refractivity contribution in [1.82, 2.24) is 4.90 Å². The fraction of sp³-hybridized carbons (Fsp3) is 0.833. The van der Waals surface area contributed by atoms with Crippen LogP contribution in [0.5, 0.6) is 0 Å². The predicted molar refractivity (Wildman–Crippen MR) is 31.4 cm³/mol. The summed E-state index contributed by atoms with van der Waals surface area (Å²) in [4.78, 5) is 12.5. The molecule has 0 aromatic carbocycles. The first kappa shape index (κ1) is 5.60. The molecule has 0 aromatic rings. The number of likely N-dealkylation sites (tertiary alicyclic amines) is 1. The molecule has 1 rings (SSSR count). The molecule has 1 aliphatic heterocycles. The zero-order chi connectivity index (χ0) is 6.31. The van der Waals surface area contributed by atoms with Crippen LogP contribution in [0.2, 0.25) is 0 Å². The minimum atomic E-state index is 0.264. The molecular formula is C6H11NO. The summed E-state index contributed by atoms with van der Waals surface area (Å²) < 4.78 is 0. The molecule has 2 atom stereocenters. The Bertz CT molecular complexity index is 110. The summed E-state index contributed by atoms with van der Waals surface area (Å²) in [7, 11) is 1.84. The van der Waals surface area contributed by atoms with E-state index in [1.807, 2.05) is 14.0 Å².